The number of amides is 1. The molecule has 0 N–H and O–H groups in total. The van der Waals surface area contributed by atoms with Crippen molar-refractivity contribution < 1.29 is 14.3 Å². The number of rotatable bonds is 4. The molecule has 104 valence electrons. The van der Waals surface area contributed by atoms with E-state index < -0.39 is 11.9 Å². The second kappa shape index (κ2) is 7.45. The average Bonchev–Trinajstić information content (AvgIpc) is 2.37. The van der Waals surface area contributed by atoms with Crippen LogP contribution >= 0.6 is 27.5 Å². The van der Waals surface area contributed by atoms with Gasteiger partial charge in [-0.1, -0.05) is 11.6 Å². The summed E-state index contributed by atoms with van der Waals surface area (Å²) in [6.45, 7) is 4.11. The van der Waals surface area contributed by atoms with Gasteiger partial charge < -0.3 is 9.64 Å². The first-order chi connectivity index (χ1) is 8.99. The first-order valence-electron chi connectivity index (χ1n) is 5.75. The van der Waals surface area contributed by atoms with Crippen LogP contribution in [0.15, 0.2) is 16.7 Å². The standard InChI is InChI=1S/C12H14BrClN2O3/c1-3-16(11(17)12(18)19-4-2)7-10-9(14)5-8(13)6-15-10/h5-6H,3-4,7H2,1-2H3. The number of hydrogen-bond donors (Lipinski definition) is 0. The van der Waals surface area contributed by atoms with E-state index in [4.69, 9.17) is 11.6 Å². The third-order valence-corrected chi connectivity index (χ3v) is 3.10. The molecule has 0 bridgehead atoms. The van der Waals surface area contributed by atoms with Crippen molar-refractivity contribution in [3.05, 3.63) is 27.5 Å². The molecule has 19 heavy (non-hydrogen) atoms. The summed E-state index contributed by atoms with van der Waals surface area (Å²) in [5, 5.41) is 0.435. The van der Waals surface area contributed by atoms with E-state index in [0.717, 1.165) is 4.47 Å². The predicted molar refractivity (Wildman–Crippen MR) is 74.7 cm³/mol. The molecule has 0 aliphatic heterocycles. The van der Waals surface area contributed by atoms with Crippen molar-refractivity contribution in [2.24, 2.45) is 0 Å². The number of nitrogens with zero attached hydrogens (tertiary/aromatic N) is 2. The van der Waals surface area contributed by atoms with Crippen LogP contribution in [0.3, 0.4) is 0 Å². The van der Waals surface area contributed by atoms with E-state index in [1.54, 1.807) is 26.1 Å². The summed E-state index contributed by atoms with van der Waals surface area (Å²) >= 11 is 9.28. The number of hydrogen-bond acceptors (Lipinski definition) is 4. The smallest absolute Gasteiger partial charge is 0.397 e. The molecule has 1 rings (SSSR count). The maximum absolute atomic E-state index is 11.8. The molecule has 1 heterocycles. The number of likely N-dealkylation sites (N-methyl/N-ethyl adjacent to an activating group) is 1. The number of esters is 1. The van der Waals surface area contributed by atoms with E-state index in [9.17, 15) is 9.59 Å². The molecular formula is C12H14BrClN2O3. The molecule has 0 saturated heterocycles. The van der Waals surface area contributed by atoms with Crippen molar-refractivity contribution in [1.82, 2.24) is 9.88 Å². The van der Waals surface area contributed by atoms with Crippen molar-refractivity contribution in [1.29, 1.82) is 0 Å². The fraction of sp³-hybridized carbons (Fsp3) is 0.417. The monoisotopic (exact) mass is 348 g/mol. The van der Waals surface area contributed by atoms with Crippen molar-refractivity contribution in [2.45, 2.75) is 20.4 Å². The number of carbonyl (C=O) groups excluding carboxylic acids is 2. The lowest BCUT2D eigenvalue weighted by Gasteiger charge is -2.19. The lowest BCUT2D eigenvalue weighted by Crippen LogP contribution is -2.37. The van der Waals surface area contributed by atoms with Gasteiger partial charge in [-0.15, -0.1) is 0 Å². The number of ether oxygens (including phenoxy) is 1. The molecule has 1 aromatic heterocycles. The molecule has 0 aliphatic carbocycles. The van der Waals surface area contributed by atoms with Crippen LogP contribution in [0.25, 0.3) is 0 Å². The van der Waals surface area contributed by atoms with Crippen molar-refractivity contribution in [2.75, 3.05) is 13.2 Å². The molecule has 1 amide bonds. The van der Waals surface area contributed by atoms with E-state index >= 15 is 0 Å². The summed E-state index contributed by atoms with van der Waals surface area (Å²) in [4.78, 5) is 28.7. The Balaban J connectivity index is 2.81. The fourth-order valence-corrected chi connectivity index (χ4v) is 2.08. The molecule has 7 heteroatoms. The van der Waals surface area contributed by atoms with E-state index in [-0.39, 0.29) is 13.2 Å². The van der Waals surface area contributed by atoms with Crippen LogP contribution in [-0.2, 0) is 20.9 Å². The highest BCUT2D eigenvalue weighted by atomic mass is 79.9. The molecular weight excluding hydrogens is 336 g/mol. The third-order valence-electron chi connectivity index (χ3n) is 2.34. The minimum atomic E-state index is -0.863. The Bertz CT molecular complexity index is 482. The van der Waals surface area contributed by atoms with E-state index in [2.05, 4.69) is 25.7 Å². The number of halogens is 2. The Morgan fingerprint density at radius 2 is 2.16 bits per heavy atom. The summed E-state index contributed by atoms with van der Waals surface area (Å²) in [6, 6.07) is 1.69. The molecule has 0 saturated carbocycles. The van der Waals surface area contributed by atoms with Crippen LogP contribution < -0.4 is 0 Å². The van der Waals surface area contributed by atoms with Crippen molar-refractivity contribution in [3.63, 3.8) is 0 Å². The van der Waals surface area contributed by atoms with Gasteiger partial charge in [0, 0.05) is 17.2 Å². The topological polar surface area (TPSA) is 59.5 Å². The minimum absolute atomic E-state index is 0.166. The van der Waals surface area contributed by atoms with Gasteiger partial charge in [-0.3, -0.25) is 9.78 Å². The number of carbonyl (C=O) groups is 2. The molecule has 0 atom stereocenters. The van der Waals surface area contributed by atoms with Gasteiger partial charge in [0.2, 0.25) is 0 Å². The lowest BCUT2D eigenvalue weighted by molar-refractivity contribution is -0.160. The number of pyridine rings is 1. The zero-order chi connectivity index (χ0) is 14.4. The van der Waals surface area contributed by atoms with Crippen LogP contribution in [-0.4, -0.2) is 34.9 Å². The second-order valence-corrected chi connectivity index (χ2v) is 4.94. The summed E-state index contributed by atoms with van der Waals surface area (Å²) in [7, 11) is 0. The van der Waals surface area contributed by atoms with Gasteiger partial charge in [-0.05, 0) is 35.8 Å². The fourth-order valence-electron chi connectivity index (χ4n) is 1.39. The van der Waals surface area contributed by atoms with Gasteiger partial charge in [0.05, 0.1) is 23.9 Å². The van der Waals surface area contributed by atoms with Crippen LogP contribution in [0.1, 0.15) is 19.5 Å². The van der Waals surface area contributed by atoms with E-state index in [1.807, 2.05) is 0 Å². The van der Waals surface area contributed by atoms with Gasteiger partial charge in [-0.2, -0.15) is 0 Å². The van der Waals surface area contributed by atoms with Crippen LogP contribution in [0.4, 0.5) is 0 Å². The average molecular weight is 350 g/mol. The second-order valence-electron chi connectivity index (χ2n) is 3.62. The molecule has 0 aliphatic rings. The molecule has 0 spiro atoms. The highest BCUT2D eigenvalue weighted by Crippen LogP contribution is 2.20. The summed E-state index contributed by atoms with van der Waals surface area (Å²) in [6.07, 6.45) is 1.59. The highest BCUT2D eigenvalue weighted by molar-refractivity contribution is 9.10. The first-order valence-corrected chi connectivity index (χ1v) is 6.92. The van der Waals surface area contributed by atoms with Gasteiger partial charge in [-0.25, -0.2) is 4.79 Å². The molecule has 1 aromatic rings. The van der Waals surface area contributed by atoms with Gasteiger partial charge in [0.15, 0.2) is 0 Å². The highest BCUT2D eigenvalue weighted by Gasteiger charge is 2.23. The Labute approximate surface area is 125 Å². The summed E-state index contributed by atoms with van der Waals surface area (Å²) in [5.74, 6) is -1.55. The predicted octanol–water partition coefficient (Wildman–Crippen LogP) is 2.41. The van der Waals surface area contributed by atoms with Gasteiger partial charge in [0.1, 0.15) is 0 Å². The lowest BCUT2D eigenvalue weighted by atomic mass is 10.3. The molecule has 0 fully saturated rings. The van der Waals surface area contributed by atoms with Crippen molar-refractivity contribution >= 4 is 39.4 Å². The Hall–Kier alpha value is -1.14. The normalized spacial score (nSPS) is 10.1. The van der Waals surface area contributed by atoms with Gasteiger partial charge >= 0.3 is 11.9 Å². The maximum atomic E-state index is 11.8. The van der Waals surface area contributed by atoms with Crippen LogP contribution in [0.2, 0.25) is 5.02 Å². The largest absolute Gasteiger partial charge is 0.459 e. The van der Waals surface area contributed by atoms with Gasteiger partial charge in [0.25, 0.3) is 0 Å². The molecule has 5 nitrogen and oxygen atoms in total. The molecule has 0 radical (unpaired) electrons. The minimum Gasteiger partial charge on any atom is -0.459 e. The number of aromatic nitrogens is 1. The quantitative estimate of drug-likeness (QED) is 0.619. The Kier molecular flexibility index (Phi) is 6.24. The van der Waals surface area contributed by atoms with E-state index in [0.29, 0.717) is 17.3 Å². The SMILES string of the molecule is CCOC(=O)C(=O)N(CC)Cc1ncc(Br)cc1Cl. The summed E-state index contributed by atoms with van der Waals surface area (Å²) in [5.41, 5.74) is 0.532. The van der Waals surface area contributed by atoms with Crippen LogP contribution in [0.5, 0.6) is 0 Å². The molecule has 0 unspecified atom stereocenters. The zero-order valence-electron chi connectivity index (χ0n) is 10.7. The van der Waals surface area contributed by atoms with E-state index in [1.165, 1.54) is 4.90 Å². The van der Waals surface area contributed by atoms with Crippen LogP contribution in [0, 0.1) is 0 Å². The summed E-state index contributed by atoms with van der Waals surface area (Å²) < 4.78 is 5.43. The molecule has 0 aromatic carbocycles. The maximum Gasteiger partial charge on any atom is 0.397 e. The Morgan fingerprint density at radius 1 is 1.47 bits per heavy atom. The van der Waals surface area contributed by atoms with Crippen molar-refractivity contribution in [3.8, 4) is 0 Å². The third kappa shape index (κ3) is 4.47. The first kappa shape index (κ1) is 15.9. The zero-order valence-corrected chi connectivity index (χ0v) is 13.0. The Morgan fingerprint density at radius 3 is 2.68 bits per heavy atom.